The summed E-state index contributed by atoms with van der Waals surface area (Å²) in [6.45, 7) is 5.71. The molecule has 1 amide bonds. The number of H-pyrrole nitrogens is 1. The molecule has 0 aliphatic carbocycles. The Kier molecular flexibility index (Phi) is 5.29. The number of rotatable bonds is 4. The summed E-state index contributed by atoms with van der Waals surface area (Å²) in [7, 11) is 0. The highest BCUT2D eigenvalue weighted by Gasteiger charge is 2.24. The largest absolute Gasteiger partial charge is 0.339 e. The van der Waals surface area contributed by atoms with Crippen LogP contribution in [0.4, 0.5) is 10.3 Å². The zero-order valence-electron chi connectivity index (χ0n) is 14.9. The van der Waals surface area contributed by atoms with E-state index in [1.165, 1.54) is 0 Å². The third-order valence-corrected chi connectivity index (χ3v) is 4.43. The number of nitrogens with zero attached hydrogens (tertiary/aromatic N) is 4. The van der Waals surface area contributed by atoms with Crippen LogP contribution in [-0.2, 0) is 11.2 Å². The summed E-state index contributed by atoms with van der Waals surface area (Å²) in [5.74, 6) is -0.604. The van der Waals surface area contributed by atoms with Crippen LogP contribution < -0.4 is 10.5 Å². The molecule has 138 valence electrons. The predicted octanol–water partition coefficient (Wildman–Crippen LogP) is 1.32. The van der Waals surface area contributed by atoms with Gasteiger partial charge in [-0.25, -0.2) is 4.98 Å². The van der Waals surface area contributed by atoms with E-state index in [2.05, 4.69) is 15.0 Å². The summed E-state index contributed by atoms with van der Waals surface area (Å²) in [6, 6.07) is 3.69. The second kappa shape index (κ2) is 7.63. The van der Waals surface area contributed by atoms with Crippen molar-refractivity contribution in [1.82, 2.24) is 19.9 Å². The molecule has 1 saturated heterocycles. The van der Waals surface area contributed by atoms with Gasteiger partial charge >= 0.3 is 0 Å². The molecular formula is C18H22FN5O2. The van der Waals surface area contributed by atoms with Crippen molar-refractivity contribution in [2.24, 2.45) is 0 Å². The van der Waals surface area contributed by atoms with Crippen LogP contribution in [0, 0.1) is 5.82 Å². The SMILES string of the molecule is CC(C)c1nc(N2CCN(C(=O)Cc3cccnc3)CC2)[nH]c(=O)c1F. The highest BCUT2D eigenvalue weighted by molar-refractivity contribution is 5.79. The van der Waals surface area contributed by atoms with Gasteiger partial charge in [-0.1, -0.05) is 19.9 Å². The number of carbonyl (C=O) groups excluding carboxylic acids is 1. The Bertz CT molecular complexity index is 829. The van der Waals surface area contributed by atoms with Gasteiger partial charge in [0, 0.05) is 38.6 Å². The lowest BCUT2D eigenvalue weighted by Crippen LogP contribution is -2.50. The van der Waals surface area contributed by atoms with Gasteiger partial charge in [-0.3, -0.25) is 19.6 Å². The zero-order chi connectivity index (χ0) is 18.7. The topological polar surface area (TPSA) is 82.2 Å². The Labute approximate surface area is 150 Å². The first-order chi connectivity index (χ1) is 12.5. The quantitative estimate of drug-likeness (QED) is 0.890. The zero-order valence-corrected chi connectivity index (χ0v) is 14.9. The van der Waals surface area contributed by atoms with Crippen LogP contribution in [0.5, 0.6) is 0 Å². The maximum atomic E-state index is 13.9. The molecule has 2 aromatic heterocycles. The van der Waals surface area contributed by atoms with Crippen LogP contribution in [0.2, 0.25) is 0 Å². The van der Waals surface area contributed by atoms with E-state index in [0.717, 1.165) is 5.56 Å². The first-order valence-corrected chi connectivity index (χ1v) is 8.67. The van der Waals surface area contributed by atoms with Crippen molar-refractivity contribution in [1.29, 1.82) is 0 Å². The van der Waals surface area contributed by atoms with Crippen molar-refractivity contribution in [3.05, 3.63) is 52.0 Å². The Morgan fingerprint density at radius 2 is 2.04 bits per heavy atom. The summed E-state index contributed by atoms with van der Waals surface area (Å²) in [4.78, 5) is 38.7. The number of piperazine rings is 1. The number of aromatic nitrogens is 3. The molecule has 0 atom stereocenters. The van der Waals surface area contributed by atoms with Crippen molar-refractivity contribution in [3.63, 3.8) is 0 Å². The van der Waals surface area contributed by atoms with Gasteiger partial charge in [-0.05, 0) is 17.5 Å². The highest BCUT2D eigenvalue weighted by Crippen LogP contribution is 2.17. The minimum Gasteiger partial charge on any atom is -0.339 e. The van der Waals surface area contributed by atoms with E-state index < -0.39 is 11.4 Å². The Hall–Kier alpha value is -2.77. The van der Waals surface area contributed by atoms with Crippen LogP contribution in [0.25, 0.3) is 0 Å². The van der Waals surface area contributed by atoms with Crippen LogP contribution in [0.15, 0.2) is 29.3 Å². The molecule has 0 aromatic carbocycles. The first kappa shape index (κ1) is 18.0. The van der Waals surface area contributed by atoms with Gasteiger partial charge in [-0.15, -0.1) is 0 Å². The molecule has 0 unspecified atom stereocenters. The fourth-order valence-corrected chi connectivity index (χ4v) is 2.95. The van der Waals surface area contributed by atoms with E-state index in [1.807, 2.05) is 17.0 Å². The third-order valence-electron chi connectivity index (χ3n) is 4.43. The summed E-state index contributed by atoms with van der Waals surface area (Å²) in [6.07, 6.45) is 3.68. The van der Waals surface area contributed by atoms with E-state index >= 15 is 0 Å². The molecule has 1 aliphatic rings. The molecule has 0 radical (unpaired) electrons. The van der Waals surface area contributed by atoms with Crippen molar-refractivity contribution in [2.45, 2.75) is 26.2 Å². The maximum absolute atomic E-state index is 13.9. The Morgan fingerprint density at radius 3 is 2.65 bits per heavy atom. The van der Waals surface area contributed by atoms with Gasteiger partial charge < -0.3 is 9.80 Å². The second-order valence-corrected chi connectivity index (χ2v) is 6.65. The van der Waals surface area contributed by atoms with Crippen molar-refractivity contribution in [3.8, 4) is 0 Å². The molecule has 0 bridgehead atoms. The van der Waals surface area contributed by atoms with E-state index in [4.69, 9.17) is 0 Å². The number of halogens is 1. The molecule has 1 N–H and O–H groups in total. The van der Waals surface area contributed by atoms with Crippen molar-refractivity contribution in [2.75, 3.05) is 31.1 Å². The van der Waals surface area contributed by atoms with E-state index in [-0.39, 0.29) is 17.5 Å². The molecule has 0 spiro atoms. The van der Waals surface area contributed by atoms with Gasteiger partial charge in [0.25, 0.3) is 5.56 Å². The number of aromatic amines is 1. The molecule has 2 aromatic rings. The normalized spacial score (nSPS) is 14.8. The van der Waals surface area contributed by atoms with E-state index in [9.17, 15) is 14.0 Å². The number of pyridine rings is 1. The Balaban J connectivity index is 1.65. The third kappa shape index (κ3) is 3.89. The van der Waals surface area contributed by atoms with Crippen molar-refractivity contribution < 1.29 is 9.18 Å². The minimum atomic E-state index is -0.825. The molecular weight excluding hydrogens is 337 g/mol. The van der Waals surface area contributed by atoms with Gasteiger partial charge in [0.1, 0.15) is 0 Å². The number of carbonyl (C=O) groups is 1. The minimum absolute atomic E-state index is 0.0427. The predicted molar refractivity (Wildman–Crippen MR) is 95.6 cm³/mol. The van der Waals surface area contributed by atoms with Gasteiger partial charge in [0.2, 0.25) is 17.7 Å². The lowest BCUT2D eigenvalue weighted by Gasteiger charge is -2.35. The average molecular weight is 359 g/mol. The molecule has 3 rings (SSSR count). The summed E-state index contributed by atoms with van der Waals surface area (Å²) < 4.78 is 13.9. The lowest BCUT2D eigenvalue weighted by molar-refractivity contribution is -0.130. The monoisotopic (exact) mass is 359 g/mol. The molecule has 7 nitrogen and oxygen atoms in total. The molecule has 3 heterocycles. The summed E-state index contributed by atoms with van der Waals surface area (Å²) in [5, 5.41) is 0. The van der Waals surface area contributed by atoms with Gasteiger partial charge in [0.15, 0.2) is 0 Å². The number of hydrogen-bond donors (Lipinski definition) is 1. The molecule has 8 heteroatoms. The number of anilines is 1. The van der Waals surface area contributed by atoms with Crippen LogP contribution >= 0.6 is 0 Å². The van der Waals surface area contributed by atoms with Crippen LogP contribution in [0.1, 0.15) is 31.0 Å². The lowest BCUT2D eigenvalue weighted by atomic mass is 10.1. The fraction of sp³-hybridized carbons (Fsp3) is 0.444. The number of amides is 1. The van der Waals surface area contributed by atoms with Gasteiger partial charge in [-0.2, -0.15) is 4.39 Å². The van der Waals surface area contributed by atoms with Crippen LogP contribution in [0.3, 0.4) is 0 Å². The summed E-state index contributed by atoms with van der Waals surface area (Å²) >= 11 is 0. The molecule has 1 aliphatic heterocycles. The highest BCUT2D eigenvalue weighted by atomic mass is 19.1. The Morgan fingerprint density at radius 1 is 1.31 bits per heavy atom. The number of nitrogens with one attached hydrogen (secondary N) is 1. The maximum Gasteiger partial charge on any atom is 0.288 e. The standard InChI is InChI=1S/C18H22FN5O2/c1-12(2)16-15(19)17(26)22-18(21-16)24-8-6-23(7-9-24)14(25)10-13-4-3-5-20-11-13/h3-5,11-12H,6-10H2,1-2H3,(H,21,22,26). The molecule has 26 heavy (non-hydrogen) atoms. The molecule has 1 fully saturated rings. The average Bonchev–Trinajstić information content (AvgIpc) is 2.64. The van der Waals surface area contributed by atoms with E-state index in [0.29, 0.717) is 38.5 Å². The first-order valence-electron chi connectivity index (χ1n) is 8.67. The summed E-state index contributed by atoms with van der Waals surface area (Å²) in [5.41, 5.74) is 0.290. The fourth-order valence-electron chi connectivity index (χ4n) is 2.95. The number of hydrogen-bond acceptors (Lipinski definition) is 5. The van der Waals surface area contributed by atoms with Crippen LogP contribution in [-0.4, -0.2) is 51.9 Å². The van der Waals surface area contributed by atoms with Crippen molar-refractivity contribution >= 4 is 11.9 Å². The second-order valence-electron chi connectivity index (χ2n) is 6.65. The molecule has 0 saturated carbocycles. The van der Waals surface area contributed by atoms with Gasteiger partial charge in [0.05, 0.1) is 12.1 Å². The van der Waals surface area contributed by atoms with E-state index in [1.54, 1.807) is 31.1 Å². The smallest absolute Gasteiger partial charge is 0.288 e.